The van der Waals surface area contributed by atoms with Crippen molar-refractivity contribution in [1.29, 1.82) is 0 Å². The summed E-state index contributed by atoms with van der Waals surface area (Å²) in [5.41, 5.74) is 2.91. The molecule has 0 unspecified atom stereocenters. The molecule has 1 aliphatic carbocycles. The molecule has 0 atom stereocenters. The molecule has 0 bridgehead atoms. The molecule has 1 aliphatic rings. The molecule has 0 amide bonds. The smallest absolute Gasteiger partial charge is 0.187 e. The van der Waals surface area contributed by atoms with Crippen LogP contribution in [0.3, 0.4) is 0 Å². The summed E-state index contributed by atoms with van der Waals surface area (Å²) in [4.78, 5) is 11.5. The van der Waals surface area contributed by atoms with Crippen molar-refractivity contribution in [2.45, 2.75) is 38.1 Å². The molecule has 0 aliphatic heterocycles. The summed E-state index contributed by atoms with van der Waals surface area (Å²) in [5, 5.41) is 19.1. The highest BCUT2D eigenvalue weighted by Gasteiger charge is 2.15. The number of aromatic carboxylic acids is 1. The van der Waals surface area contributed by atoms with Gasteiger partial charge in [-0.25, -0.2) is 0 Å². The first kappa shape index (κ1) is 19.0. The lowest BCUT2D eigenvalue weighted by molar-refractivity contribution is -0.255. The normalized spacial score (nSPS) is 15.0. The highest BCUT2D eigenvalue weighted by Crippen LogP contribution is 2.32. The van der Waals surface area contributed by atoms with Crippen LogP contribution in [0.1, 0.15) is 48.0 Å². The summed E-state index contributed by atoms with van der Waals surface area (Å²) in [5.74, 6) is -0.976. The zero-order valence-corrected chi connectivity index (χ0v) is 15.1. The minimum absolute atomic E-state index is 0.0920. The van der Waals surface area contributed by atoms with Crippen LogP contribution >= 0.6 is 12.2 Å². The summed E-state index contributed by atoms with van der Waals surface area (Å²) in [7, 11) is 2.80. The Labute approximate surface area is 152 Å². The molecular weight excluding hydrogens is 342 g/mol. The van der Waals surface area contributed by atoms with Crippen LogP contribution in [0.4, 0.5) is 0 Å². The fourth-order valence-corrected chi connectivity index (χ4v) is 3.10. The van der Waals surface area contributed by atoms with Crippen LogP contribution in [-0.4, -0.2) is 37.6 Å². The monoisotopic (exact) mass is 364 g/mol. The highest BCUT2D eigenvalue weighted by atomic mass is 32.1. The third-order valence-corrected chi connectivity index (χ3v) is 4.30. The van der Waals surface area contributed by atoms with Crippen LogP contribution < -0.4 is 25.3 Å². The number of benzene rings is 1. The minimum Gasteiger partial charge on any atom is -0.545 e. The van der Waals surface area contributed by atoms with Crippen molar-refractivity contribution in [3.63, 3.8) is 0 Å². The van der Waals surface area contributed by atoms with Crippen molar-refractivity contribution in [3.05, 3.63) is 23.3 Å². The van der Waals surface area contributed by atoms with Gasteiger partial charge in [0.1, 0.15) is 0 Å². The maximum atomic E-state index is 11.5. The lowest BCUT2D eigenvalue weighted by Gasteiger charge is -2.23. The number of carbonyl (C=O) groups is 1. The molecule has 1 saturated carbocycles. The van der Waals surface area contributed by atoms with Gasteiger partial charge in [-0.1, -0.05) is 19.3 Å². The lowest BCUT2D eigenvalue weighted by atomic mass is 9.96. The van der Waals surface area contributed by atoms with Gasteiger partial charge in [0, 0.05) is 11.6 Å². The molecule has 0 spiro atoms. The number of hydrogen-bond acceptors (Lipinski definition) is 6. The van der Waals surface area contributed by atoms with E-state index in [1.807, 2.05) is 0 Å². The number of carboxylic acid groups (broad SMARTS) is 1. The SMILES string of the molecule is COc1ccc(/C=N\NC(=S)NC2CCCCC2)c(C(=O)[O-])c1OC. The van der Waals surface area contributed by atoms with Gasteiger partial charge < -0.3 is 24.7 Å². The Kier molecular flexibility index (Phi) is 7.00. The Bertz CT molecular complexity index is 658. The van der Waals surface area contributed by atoms with Gasteiger partial charge in [0.2, 0.25) is 0 Å². The summed E-state index contributed by atoms with van der Waals surface area (Å²) in [6, 6.07) is 3.53. The Balaban J connectivity index is 2.06. The zero-order chi connectivity index (χ0) is 18.2. The summed E-state index contributed by atoms with van der Waals surface area (Å²) in [6.45, 7) is 0. The standard InChI is InChI=1S/C17H23N3O4S/c1-23-13-9-8-11(14(16(21)22)15(13)24-2)10-18-20-17(25)19-12-6-4-3-5-7-12/h8-10,12H,3-7H2,1-2H3,(H,21,22)(H2,19,20,25)/p-1/b18-10-. The molecule has 1 aromatic rings. The third-order valence-electron chi connectivity index (χ3n) is 4.09. The number of methoxy groups -OCH3 is 2. The van der Waals surface area contributed by atoms with Gasteiger partial charge in [0.25, 0.3) is 0 Å². The first-order chi connectivity index (χ1) is 12.1. The average molecular weight is 364 g/mol. The van der Waals surface area contributed by atoms with Gasteiger partial charge >= 0.3 is 0 Å². The number of thiocarbonyl (C=S) groups is 1. The van der Waals surface area contributed by atoms with Crippen LogP contribution in [0.2, 0.25) is 0 Å². The van der Waals surface area contributed by atoms with Crippen molar-refractivity contribution in [2.75, 3.05) is 14.2 Å². The number of rotatable bonds is 6. The number of nitrogens with zero attached hydrogens (tertiary/aromatic N) is 1. The van der Waals surface area contributed by atoms with E-state index in [9.17, 15) is 9.90 Å². The van der Waals surface area contributed by atoms with E-state index in [1.165, 1.54) is 39.7 Å². The largest absolute Gasteiger partial charge is 0.545 e. The summed E-state index contributed by atoms with van der Waals surface area (Å²) in [6.07, 6.45) is 7.21. The second kappa shape index (κ2) is 9.22. The molecule has 25 heavy (non-hydrogen) atoms. The number of ether oxygens (including phenoxy) is 2. The molecule has 0 heterocycles. The van der Waals surface area contributed by atoms with Crippen molar-refractivity contribution >= 4 is 29.5 Å². The van der Waals surface area contributed by atoms with Gasteiger partial charge in [-0.05, 0) is 37.2 Å². The number of carbonyl (C=O) groups excluding carboxylic acids is 1. The molecule has 1 fully saturated rings. The van der Waals surface area contributed by atoms with Crippen molar-refractivity contribution in [3.8, 4) is 11.5 Å². The molecule has 136 valence electrons. The van der Waals surface area contributed by atoms with Crippen LogP contribution in [-0.2, 0) is 0 Å². The molecule has 0 saturated heterocycles. The van der Waals surface area contributed by atoms with E-state index in [0.29, 0.717) is 22.5 Å². The first-order valence-electron chi connectivity index (χ1n) is 8.12. The van der Waals surface area contributed by atoms with Crippen LogP contribution in [0.25, 0.3) is 0 Å². The minimum atomic E-state index is -1.37. The fraction of sp³-hybridized carbons (Fsp3) is 0.471. The number of nitrogens with one attached hydrogen (secondary N) is 2. The van der Waals surface area contributed by atoms with Crippen LogP contribution in [0.15, 0.2) is 17.2 Å². The number of carboxylic acids is 1. The Hall–Kier alpha value is -2.35. The van der Waals surface area contributed by atoms with Crippen molar-refractivity contribution in [1.82, 2.24) is 10.7 Å². The van der Waals surface area contributed by atoms with Gasteiger partial charge in [0.05, 0.1) is 32.0 Å². The zero-order valence-electron chi connectivity index (χ0n) is 14.3. The van der Waals surface area contributed by atoms with Gasteiger partial charge in [-0.3, -0.25) is 5.43 Å². The predicted molar refractivity (Wildman–Crippen MR) is 97.2 cm³/mol. The highest BCUT2D eigenvalue weighted by molar-refractivity contribution is 7.80. The second-order valence-corrected chi connectivity index (χ2v) is 6.14. The van der Waals surface area contributed by atoms with Gasteiger partial charge in [0.15, 0.2) is 16.6 Å². The maximum Gasteiger partial charge on any atom is 0.187 e. The average Bonchev–Trinajstić information content (AvgIpc) is 2.61. The number of hydrazone groups is 1. The van der Waals surface area contributed by atoms with Gasteiger partial charge in [-0.2, -0.15) is 5.10 Å². The van der Waals surface area contributed by atoms with E-state index in [0.717, 1.165) is 12.8 Å². The van der Waals surface area contributed by atoms with E-state index < -0.39 is 5.97 Å². The Morgan fingerprint density at radius 2 is 2.00 bits per heavy atom. The predicted octanol–water partition coefficient (Wildman–Crippen LogP) is 1.20. The van der Waals surface area contributed by atoms with Crippen LogP contribution in [0, 0.1) is 0 Å². The number of hydrogen-bond donors (Lipinski definition) is 2. The maximum absolute atomic E-state index is 11.5. The van der Waals surface area contributed by atoms with Gasteiger partial charge in [-0.15, -0.1) is 0 Å². The molecule has 7 nitrogen and oxygen atoms in total. The van der Waals surface area contributed by atoms with E-state index >= 15 is 0 Å². The summed E-state index contributed by atoms with van der Waals surface area (Å²) < 4.78 is 10.2. The van der Waals surface area contributed by atoms with Crippen molar-refractivity contribution in [2.24, 2.45) is 5.10 Å². The Morgan fingerprint density at radius 1 is 1.28 bits per heavy atom. The molecule has 1 aromatic carbocycles. The molecule has 2 rings (SSSR count). The molecule has 2 N–H and O–H groups in total. The van der Waals surface area contributed by atoms with E-state index in [2.05, 4.69) is 15.8 Å². The lowest BCUT2D eigenvalue weighted by Crippen LogP contribution is -2.40. The van der Waals surface area contributed by atoms with Crippen LogP contribution in [0.5, 0.6) is 11.5 Å². The topological polar surface area (TPSA) is 95.0 Å². The quantitative estimate of drug-likeness (QED) is 0.445. The second-order valence-electron chi connectivity index (χ2n) is 5.73. The third kappa shape index (κ3) is 5.06. The fourth-order valence-electron chi connectivity index (χ4n) is 2.89. The molecule has 8 heteroatoms. The first-order valence-corrected chi connectivity index (χ1v) is 8.53. The molecule has 0 aromatic heterocycles. The molecular formula is C17H22N3O4S-. The van der Waals surface area contributed by atoms with E-state index in [1.54, 1.807) is 12.1 Å². The van der Waals surface area contributed by atoms with E-state index in [-0.39, 0.29) is 11.3 Å². The Morgan fingerprint density at radius 3 is 2.60 bits per heavy atom. The summed E-state index contributed by atoms with van der Waals surface area (Å²) >= 11 is 5.21. The van der Waals surface area contributed by atoms with E-state index in [4.69, 9.17) is 21.7 Å². The molecule has 0 radical (unpaired) electrons. The van der Waals surface area contributed by atoms with Crippen molar-refractivity contribution < 1.29 is 19.4 Å².